The summed E-state index contributed by atoms with van der Waals surface area (Å²) >= 11 is 0. The Hall–Kier alpha value is -2.49. The van der Waals surface area contributed by atoms with Crippen molar-refractivity contribution in [3.63, 3.8) is 0 Å². The summed E-state index contributed by atoms with van der Waals surface area (Å²) in [4.78, 5) is 11.2. The van der Waals surface area contributed by atoms with E-state index in [4.69, 9.17) is 11.5 Å². The molecule has 2 aromatic rings. The van der Waals surface area contributed by atoms with E-state index in [0.29, 0.717) is 22.9 Å². The third-order valence-electron chi connectivity index (χ3n) is 3.19. The van der Waals surface area contributed by atoms with Gasteiger partial charge in [0.25, 0.3) is 0 Å². The molecule has 0 radical (unpaired) electrons. The lowest BCUT2D eigenvalue weighted by atomic mass is 10.0. The van der Waals surface area contributed by atoms with Gasteiger partial charge in [-0.25, -0.2) is 0 Å². The zero-order chi connectivity index (χ0) is 14.7. The molecule has 1 amide bonds. The molecule has 0 aliphatic heterocycles. The Bertz CT molecular complexity index is 635. The summed E-state index contributed by atoms with van der Waals surface area (Å²) in [5.74, 6) is -0.0792. The van der Waals surface area contributed by atoms with Gasteiger partial charge in [-0.2, -0.15) is 0 Å². The molecule has 2 aromatic carbocycles. The largest absolute Gasteiger partial charge is 0.397 e. The Morgan fingerprint density at radius 2 is 1.80 bits per heavy atom. The lowest BCUT2D eigenvalue weighted by Gasteiger charge is -2.16. The van der Waals surface area contributed by atoms with E-state index in [1.165, 1.54) is 5.56 Å². The van der Waals surface area contributed by atoms with Gasteiger partial charge in [0, 0.05) is 11.3 Å². The van der Waals surface area contributed by atoms with Crippen LogP contribution in [0.4, 0.5) is 17.1 Å². The van der Waals surface area contributed by atoms with Gasteiger partial charge >= 0.3 is 0 Å². The third-order valence-corrected chi connectivity index (χ3v) is 3.19. The van der Waals surface area contributed by atoms with Gasteiger partial charge in [-0.1, -0.05) is 32.0 Å². The van der Waals surface area contributed by atoms with Crippen molar-refractivity contribution in [3.8, 4) is 0 Å². The van der Waals surface area contributed by atoms with Gasteiger partial charge < -0.3 is 16.8 Å². The van der Waals surface area contributed by atoms with Crippen LogP contribution in [0.15, 0.2) is 42.5 Å². The molecule has 0 fully saturated rings. The first-order chi connectivity index (χ1) is 9.49. The van der Waals surface area contributed by atoms with Crippen LogP contribution in [0.5, 0.6) is 0 Å². The number of anilines is 3. The number of nitrogen functional groups attached to an aromatic ring is 1. The standard InChI is InChI=1S/C16H19N3O/c1-10(2)12-5-3-4-6-14(12)19-15-9-11(16(18)20)7-8-13(15)17/h3-10,19H,17H2,1-2H3,(H2,18,20). The van der Waals surface area contributed by atoms with Gasteiger partial charge in [0.1, 0.15) is 0 Å². The minimum Gasteiger partial charge on any atom is -0.397 e. The zero-order valence-electron chi connectivity index (χ0n) is 11.7. The normalized spacial score (nSPS) is 10.6. The molecule has 4 heteroatoms. The van der Waals surface area contributed by atoms with Crippen molar-refractivity contribution in [2.24, 2.45) is 5.73 Å². The molecule has 0 saturated carbocycles. The second-order valence-electron chi connectivity index (χ2n) is 5.03. The van der Waals surface area contributed by atoms with E-state index in [0.717, 1.165) is 5.69 Å². The van der Waals surface area contributed by atoms with Gasteiger partial charge in [0.05, 0.1) is 11.4 Å². The summed E-state index contributed by atoms with van der Waals surface area (Å²) in [6, 6.07) is 13.0. The number of primary amides is 1. The Labute approximate surface area is 118 Å². The molecule has 104 valence electrons. The Morgan fingerprint density at radius 3 is 2.45 bits per heavy atom. The molecule has 20 heavy (non-hydrogen) atoms. The van der Waals surface area contributed by atoms with Crippen LogP contribution in [0, 0.1) is 0 Å². The molecule has 0 aliphatic rings. The van der Waals surface area contributed by atoms with Gasteiger partial charge in [-0.3, -0.25) is 4.79 Å². The van der Waals surface area contributed by atoms with Crippen molar-refractivity contribution < 1.29 is 4.79 Å². The van der Waals surface area contributed by atoms with E-state index in [1.54, 1.807) is 18.2 Å². The smallest absolute Gasteiger partial charge is 0.248 e. The fourth-order valence-electron chi connectivity index (χ4n) is 2.08. The minimum atomic E-state index is -0.467. The first kappa shape index (κ1) is 13.9. The van der Waals surface area contributed by atoms with Gasteiger partial charge in [-0.15, -0.1) is 0 Å². The lowest BCUT2D eigenvalue weighted by Crippen LogP contribution is -2.11. The molecule has 5 N–H and O–H groups in total. The molecule has 0 unspecified atom stereocenters. The Kier molecular flexibility index (Phi) is 3.94. The topological polar surface area (TPSA) is 81.1 Å². The summed E-state index contributed by atoms with van der Waals surface area (Å²) in [5, 5.41) is 3.28. The van der Waals surface area contributed by atoms with Gasteiger partial charge in [0.2, 0.25) is 5.91 Å². The molecule has 4 nitrogen and oxygen atoms in total. The summed E-state index contributed by atoms with van der Waals surface area (Å²) < 4.78 is 0. The highest BCUT2D eigenvalue weighted by molar-refractivity contribution is 5.95. The van der Waals surface area contributed by atoms with Crippen LogP contribution >= 0.6 is 0 Å². The number of carbonyl (C=O) groups is 1. The molecule has 0 saturated heterocycles. The van der Waals surface area contributed by atoms with Gasteiger partial charge in [0.15, 0.2) is 0 Å². The highest BCUT2D eigenvalue weighted by Crippen LogP contribution is 2.29. The number of amides is 1. The summed E-state index contributed by atoms with van der Waals surface area (Å²) in [6.45, 7) is 4.26. The first-order valence-corrected chi connectivity index (χ1v) is 6.54. The van der Waals surface area contributed by atoms with Crippen molar-refractivity contribution in [2.75, 3.05) is 11.1 Å². The molecule has 0 atom stereocenters. The van der Waals surface area contributed by atoms with Crippen LogP contribution in [-0.4, -0.2) is 5.91 Å². The van der Waals surface area contributed by atoms with Gasteiger partial charge in [-0.05, 0) is 35.7 Å². The maximum absolute atomic E-state index is 11.2. The predicted molar refractivity (Wildman–Crippen MR) is 83.2 cm³/mol. The molecule has 0 spiro atoms. The SMILES string of the molecule is CC(C)c1ccccc1Nc1cc(C(N)=O)ccc1N. The number of rotatable bonds is 4. The molecule has 2 rings (SSSR count). The van der Waals surface area contributed by atoms with E-state index in [-0.39, 0.29) is 0 Å². The maximum Gasteiger partial charge on any atom is 0.248 e. The van der Waals surface area contributed by atoms with Crippen LogP contribution in [-0.2, 0) is 0 Å². The summed E-state index contributed by atoms with van der Waals surface area (Å²) in [6.07, 6.45) is 0. The number of hydrogen-bond donors (Lipinski definition) is 3. The van der Waals surface area contributed by atoms with E-state index < -0.39 is 5.91 Å². The molecular weight excluding hydrogens is 250 g/mol. The molecule has 0 aliphatic carbocycles. The number of carbonyl (C=O) groups excluding carboxylic acids is 1. The molecule has 0 bridgehead atoms. The summed E-state index contributed by atoms with van der Waals surface area (Å²) in [7, 11) is 0. The van der Waals surface area contributed by atoms with Crippen LogP contribution in [0.25, 0.3) is 0 Å². The van der Waals surface area contributed by atoms with Crippen molar-refractivity contribution in [1.29, 1.82) is 0 Å². The number of nitrogens with two attached hydrogens (primary N) is 2. The first-order valence-electron chi connectivity index (χ1n) is 6.54. The number of para-hydroxylation sites is 1. The van der Waals surface area contributed by atoms with Crippen LogP contribution in [0.3, 0.4) is 0 Å². The fraction of sp³-hybridized carbons (Fsp3) is 0.188. The van der Waals surface area contributed by atoms with Crippen LogP contribution in [0.1, 0.15) is 35.7 Å². The average molecular weight is 269 g/mol. The summed E-state index contributed by atoms with van der Waals surface area (Å²) in [5.41, 5.74) is 15.1. The lowest BCUT2D eigenvalue weighted by molar-refractivity contribution is 0.100. The maximum atomic E-state index is 11.2. The second kappa shape index (κ2) is 5.65. The fourth-order valence-corrected chi connectivity index (χ4v) is 2.08. The van der Waals surface area contributed by atoms with E-state index >= 15 is 0 Å². The van der Waals surface area contributed by atoms with Crippen LogP contribution in [0.2, 0.25) is 0 Å². The van der Waals surface area contributed by atoms with Crippen molar-refractivity contribution in [1.82, 2.24) is 0 Å². The molecule has 0 aromatic heterocycles. The van der Waals surface area contributed by atoms with E-state index in [1.807, 2.05) is 18.2 Å². The number of nitrogens with one attached hydrogen (secondary N) is 1. The third kappa shape index (κ3) is 2.91. The number of hydrogen-bond acceptors (Lipinski definition) is 3. The van der Waals surface area contributed by atoms with Crippen LogP contribution < -0.4 is 16.8 Å². The van der Waals surface area contributed by atoms with Crippen molar-refractivity contribution in [2.45, 2.75) is 19.8 Å². The minimum absolute atomic E-state index is 0.388. The zero-order valence-corrected chi connectivity index (χ0v) is 11.7. The van der Waals surface area contributed by atoms with Crippen molar-refractivity contribution >= 4 is 23.0 Å². The molecular formula is C16H19N3O. The molecule has 0 heterocycles. The predicted octanol–water partition coefficient (Wildman–Crippen LogP) is 3.23. The van der Waals surface area contributed by atoms with E-state index in [9.17, 15) is 4.79 Å². The Balaban J connectivity index is 2.40. The number of benzene rings is 2. The average Bonchev–Trinajstić information content (AvgIpc) is 2.41. The van der Waals surface area contributed by atoms with Crippen molar-refractivity contribution in [3.05, 3.63) is 53.6 Å². The second-order valence-corrected chi connectivity index (χ2v) is 5.03. The monoisotopic (exact) mass is 269 g/mol. The quantitative estimate of drug-likeness (QED) is 0.745. The Morgan fingerprint density at radius 1 is 1.10 bits per heavy atom. The highest BCUT2D eigenvalue weighted by atomic mass is 16.1. The van der Waals surface area contributed by atoms with E-state index in [2.05, 4.69) is 25.2 Å². The highest BCUT2D eigenvalue weighted by Gasteiger charge is 2.09.